The average molecular weight is 290 g/mol. The zero-order chi connectivity index (χ0) is 15.5. The molecule has 0 saturated carbocycles. The molecule has 0 bridgehead atoms. The lowest BCUT2D eigenvalue weighted by Gasteiger charge is -2.37. The first-order valence-corrected chi connectivity index (χ1v) is 7.73. The highest BCUT2D eigenvalue weighted by molar-refractivity contribution is 5.97. The molecule has 21 heavy (non-hydrogen) atoms. The Bertz CT molecular complexity index is 512. The fourth-order valence-corrected chi connectivity index (χ4v) is 2.98. The van der Waals surface area contributed by atoms with Crippen LogP contribution in [0.1, 0.15) is 43.1 Å². The summed E-state index contributed by atoms with van der Waals surface area (Å²) in [7, 11) is 1.66. The molecular weight excluding hydrogens is 264 g/mol. The Kier molecular flexibility index (Phi) is 4.88. The van der Waals surface area contributed by atoms with Crippen LogP contribution in [-0.4, -0.2) is 44.1 Å². The van der Waals surface area contributed by atoms with Gasteiger partial charge in [-0.15, -0.1) is 0 Å². The summed E-state index contributed by atoms with van der Waals surface area (Å²) >= 11 is 0. The Morgan fingerprint density at radius 1 is 1.33 bits per heavy atom. The van der Waals surface area contributed by atoms with Crippen molar-refractivity contribution in [3.05, 3.63) is 29.3 Å². The lowest BCUT2D eigenvalue weighted by molar-refractivity contribution is 0.0922. The van der Waals surface area contributed by atoms with E-state index in [2.05, 4.69) is 31.0 Å². The van der Waals surface area contributed by atoms with Gasteiger partial charge in [0, 0.05) is 17.5 Å². The summed E-state index contributed by atoms with van der Waals surface area (Å²) in [4.78, 5) is 14.5. The summed E-state index contributed by atoms with van der Waals surface area (Å²) in [5.74, 6) is 0.838. The smallest absolute Gasteiger partial charge is 0.251 e. The number of fused-ring (bicyclic) bond motifs is 1. The van der Waals surface area contributed by atoms with Crippen molar-refractivity contribution in [3.8, 4) is 5.75 Å². The van der Waals surface area contributed by atoms with Crippen molar-refractivity contribution in [3.63, 3.8) is 0 Å². The molecule has 1 amide bonds. The number of rotatable bonds is 6. The summed E-state index contributed by atoms with van der Waals surface area (Å²) in [5.41, 5.74) is 1.85. The van der Waals surface area contributed by atoms with Gasteiger partial charge in [0.2, 0.25) is 0 Å². The lowest BCUT2D eigenvalue weighted by atomic mass is 9.74. The number of nitrogens with one attached hydrogen (secondary N) is 1. The molecule has 116 valence electrons. The molecule has 0 saturated heterocycles. The molecule has 1 unspecified atom stereocenters. The van der Waals surface area contributed by atoms with Crippen molar-refractivity contribution in [1.82, 2.24) is 10.2 Å². The third-order valence-corrected chi connectivity index (χ3v) is 4.63. The lowest BCUT2D eigenvalue weighted by Crippen LogP contribution is -2.46. The first kappa shape index (κ1) is 15.8. The monoisotopic (exact) mass is 290 g/mol. The second kappa shape index (κ2) is 6.48. The molecule has 1 aliphatic rings. The van der Waals surface area contributed by atoms with Gasteiger partial charge >= 0.3 is 0 Å². The zero-order valence-corrected chi connectivity index (χ0v) is 13.5. The van der Waals surface area contributed by atoms with Gasteiger partial charge in [-0.05, 0) is 49.8 Å². The maximum absolute atomic E-state index is 12.1. The van der Waals surface area contributed by atoms with Crippen LogP contribution < -0.4 is 10.1 Å². The zero-order valence-electron chi connectivity index (χ0n) is 13.5. The second-order valence-corrected chi connectivity index (χ2v) is 5.93. The Balaban J connectivity index is 2.29. The van der Waals surface area contributed by atoms with E-state index in [1.165, 1.54) is 0 Å². The number of ether oxygens (including phenoxy) is 1. The molecule has 0 fully saturated rings. The van der Waals surface area contributed by atoms with E-state index in [4.69, 9.17) is 4.74 Å². The van der Waals surface area contributed by atoms with Crippen molar-refractivity contribution < 1.29 is 9.53 Å². The summed E-state index contributed by atoms with van der Waals surface area (Å²) in [6.45, 7) is 10.4. The van der Waals surface area contributed by atoms with E-state index in [0.29, 0.717) is 6.54 Å². The van der Waals surface area contributed by atoms with Gasteiger partial charge in [-0.2, -0.15) is 0 Å². The topological polar surface area (TPSA) is 41.6 Å². The highest BCUT2D eigenvalue weighted by Crippen LogP contribution is 2.35. The van der Waals surface area contributed by atoms with Crippen molar-refractivity contribution >= 4 is 5.91 Å². The summed E-state index contributed by atoms with van der Waals surface area (Å²) in [5, 5.41) is 3.03. The normalized spacial score (nSPS) is 21.1. The number of amides is 1. The summed E-state index contributed by atoms with van der Waals surface area (Å²) < 4.78 is 5.33. The SMILES string of the molecule is CCN(CC)CCC1(C)CNC(=O)c2ccc(OC)cc21. The van der Waals surface area contributed by atoms with Crippen LogP contribution in [0.25, 0.3) is 0 Å². The molecule has 1 aliphatic heterocycles. The van der Waals surface area contributed by atoms with Gasteiger partial charge in [0.1, 0.15) is 5.75 Å². The molecule has 1 aromatic rings. The van der Waals surface area contributed by atoms with Crippen molar-refractivity contribution in [2.45, 2.75) is 32.6 Å². The van der Waals surface area contributed by atoms with E-state index in [9.17, 15) is 4.79 Å². The first-order chi connectivity index (χ1) is 10.0. The minimum Gasteiger partial charge on any atom is -0.497 e. The van der Waals surface area contributed by atoms with Gasteiger partial charge in [0.15, 0.2) is 0 Å². The summed E-state index contributed by atoms with van der Waals surface area (Å²) in [6, 6.07) is 5.75. The molecule has 2 rings (SSSR count). The van der Waals surface area contributed by atoms with E-state index >= 15 is 0 Å². The Labute approximate surface area is 127 Å². The quantitative estimate of drug-likeness (QED) is 0.875. The largest absolute Gasteiger partial charge is 0.497 e. The van der Waals surface area contributed by atoms with E-state index in [1.807, 2.05) is 18.2 Å². The molecule has 0 spiro atoms. The van der Waals surface area contributed by atoms with Gasteiger partial charge < -0.3 is 15.0 Å². The Hall–Kier alpha value is -1.55. The Morgan fingerprint density at radius 2 is 2.05 bits per heavy atom. The number of nitrogens with zero attached hydrogens (tertiary/aromatic N) is 1. The molecular formula is C17H26N2O2. The molecule has 1 aromatic carbocycles. The highest BCUT2D eigenvalue weighted by Gasteiger charge is 2.35. The van der Waals surface area contributed by atoms with Crippen LogP contribution in [0.2, 0.25) is 0 Å². The van der Waals surface area contributed by atoms with Crippen LogP contribution in [0.4, 0.5) is 0 Å². The van der Waals surface area contributed by atoms with Gasteiger partial charge in [0.05, 0.1) is 7.11 Å². The third kappa shape index (κ3) is 3.21. The number of hydrogen-bond acceptors (Lipinski definition) is 3. The van der Waals surface area contributed by atoms with E-state index in [0.717, 1.165) is 42.9 Å². The molecule has 1 N–H and O–H groups in total. The highest BCUT2D eigenvalue weighted by atomic mass is 16.5. The first-order valence-electron chi connectivity index (χ1n) is 7.73. The van der Waals surface area contributed by atoms with Crippen LogP contribution in [0.5, 0.6) is 5.75 Å². The Morgan fingerprint density at radius 3 is 2.67 bits per heavy atom. The number of benzene rings is 1. The second-order valence-electron chi connectivity index (χ2n) is 5.93. The van der Waals surface area contributed by atoms with E-state index in [1.54, 1.807) is 7.11 Å². The van der Waals surface area contributed by atoms with Gasteiger partial charge in [-0.1, -0.05) is 20.8 Å². The molecule has 1 atom stereocenters. The minimum absolute atomic E-state index is 0.0213. The number of methoxy groups -OCH3 is 1. The number of hydrogen-bond donors (Lipinski definition) is 1. The molecule has 0 radical (unpaired) electrons. The van der Waals surface area contributed by atoms with Crippen molar-refractivity contribution in [2.24, 2.45) is 0 Å². The molecule has 4 heteroatoms. The van der Waals surface area contributed by atoms with Crippen LogP contribution >= 0.6 is 0 Å². The van der Waals surface area contributed by atoms with Crippen LogP contribution in [-0.2, 0) is 5.41 Å². The van der Waals surface area contributed by atoms with Crippen molar-refractivity contribution in [1.29, 1.82) is 0 Å². The van der Waals surface area contributed by atoms with Crippen LogP contribution in [0, 0.1) is 0 Å². The fraction of sp³-hybridized carbons (Fsp3) is 0.588. The minimum atomic E-state index is -0.0413. The standard InChI is InChI=1S/C17H26N2O2/c1-5-19(6-2)10-9-17(3)12-18-16(20)14-8-7-13(21-4)11-15(14)17/h7-8,11H,5-6,9-10,12H2,1-4H3,(H,18,20). The average Bonchev–Trinajstić information content (AvgIpc) is 2.52. The van der Waals surface area contributed by atoms with Gasteiger partial charge in [-0.3, -0.25) is 4.79 Å². The van der Waals surface area contributed by atoms with Gasteiger partial charge in [-0.25, -0.2) is 0 Å². The molecule has 4 nitrogen and oxygen atoms in total. The predicted octanol–water partition coefficient (Wildman–Crippen LogP) is 2.43. The summed E-state index contributed by atoms with van der Waals surface area (Å²) in [6.07, 6.45) is 1.02. The maximum Gasteiger partial charge on any atom is 0.251 e. The van der Waals surface area contributed by atoms with Crippen molar-refractivity contribution in [2.75, 3.05) is 33.3 Å². The van der Waals surface area contributed by atoms with Gasteiger partial charge in [0.25, 0.3) is 5.91 Å². The van der Waals surface area contributed by atoms with E-state index in [-0.39, 0.29) is 11.3 Å². The molecule has 0 aliphatic carbocycles. The van der Waals surface area contributed by atoms with Crippen LogP contribution in [0.3, 0.4) is 0 Å². The number of carbonyl (C=O) groups is 1. The van der Waals surface area contributed by atoms with Crippen LogP contribution in [0.15, 0.2) is 18.2 Å². The number of carbonyl (C=O) groups excluding carboxylic acids is 1. The third-order valence-electron chi connectivity index (χ3n) is 4.63. The fourth-order valence-electron chi connectivity index (χ4n) is 2.98. The predicted molar refractivity (Wildman–Crippen MR) is 85.1 cm³/mol. The van der Waals surface area contributed by atoms with E-state index < -0.39 is 0 Å². The maximum atomic E-state index is 12.1. The molecule has 0 aromatic heterocycles. The molecule has 1 heterocycles.